The Kier molecular flexibility index (Phi) is 6.00. The van der Waals surface area contributed by atoms with Crippen LogP contribution in [0.5, 0.6) is 0 Å². The van der Waals surface area contributed by atoms with Gasteiger partial charge in [0, 0.05) is 31.6 Å². The molecule has 2 N–H and O–H groups in total. The van der Waals surface area contributed by atoms with E-state index in [4.69, 9.17) is 10.2 Å². The molecule has 0 amide bonds. The fourth-order valence-electron chi connectivity index (χ4n) is 1.63. The number of hydrogen-bond acceptors (Lipinski definition) is 4. The van der Waals surface area contributed by atoms with E-state index in [1.807, 2.05) is 25.4 Å². The summed E-state index contributed by atoms with van der Waals surface area (Å²) in [5.41, 5.74) is 1.19. The lowest BCUT2D eigenvalue weighted by molar-refractivity contribution is 0.120. The van der Waals surface area contributed by atoms with Crippen molar-refractivity contribution in [1.29, 1.82) is 0 Å². The molecule has 1 atom stereocenters. The van der Waals surface area contributed by atoms with E-state index in [0.29, 0.717) is 6.42 Å². The second kappa shape index (κ2) is 7.33. The van der Waals surface area contributed by atoms with Crippen molar-refractivity contribution in [3.63, 3.8) is 0 Å². The number of nitrogens with zero attached hydrogens (tertiary/aromatic N) is 2. The highest BCUT2D eigenvalue weighted by Crippen LogP contribution is 2.04. The second-order valence-corrected chi connectivity index (χ2v) is 3.94. The minimum Gasteiger partial charge on any atom is -0.396 e. The molecule has 0 aliphatic rings. The van der Waals surface area contributed by atoms with Crippen LogP contribution in [0.1, 0.15) is 12.0 Å². The summed E-state index contributed by atoms with van der Waals surface area (Å²) < 4.78 is 0. The number of aromatic nitrogens is 1. The molecule has 0 bridgehead atoms. The van der Waals surface area contributed by atoms with Gasteiger partial charge in [-0.3, -0.25) is 4.98 Å². The van der Waals surface area contributed by atoms with Gasteiger partial charge in [-0.05, 0) is 31.5 Å². The van der Waals surface area contributed by atoms with Gasteiger partial charge in [0.05, 0.1) is 6.61 Å². The predicted octanol–water partition coefficient (Wildman–Crippen LogP) is 0.299. The second-order valence-electron chi connectivity index (χ2n) is 3.94. The molecule has 0 aliphatic carbocycles. The summed E-state index contributed by atoms with van der Waals surface area (Å²) >= 11 is 0. The van der Waals surface area contributed by atoms with Gasteiger partial charge in [-0.1, -0.05) is 6.07 Å². The van der Waals surface area contributed by atoms with E-state index in [-0.39, 0.29) is 19.3 Å². The Hall–Kier alpha value is -0.970. The molecule has 1 unspecified atom stereocenters. The molecule has 0 radical (unpaired) electrons. The van der Waals surface area contributed by atoms with Gasteiger partial charge in [-0.15, -0.1) is 0 Å². The summed E-state index contributed by atoms with van der Waals surface area (Å²) in [5.74, 6) is 0. The molecule has 0 aliphatic heterocycles. The van der Waals surface area contributed by atoms with E-state index in [0.717, 1.165) is 13.0 Å². The van der Waals surface area contributed by atoms with E-state index in [9.17, 15) is 0 Å². The monoisotopic (exact) mass is 224 g/mol. The maximum atomic E-state index is 9.16. The zero-order valence-electron chi connectivity index (χ0n) is 9.71. The number of aliphatic hydroxyl groups excluding tert-OH is 2. The SMILES string of the molecule is CN(CCc1cccnc1)C(CO)CCO. The first kappa shape index (κ1) is 13.1. The molecule has 0 spiro atoms. The molecule has 1 aromatic heterocycles. The van der Waals surface area contributed by atoms with Gasteiger partial charge in [0.15, 0.2) is 0 Å². The molecular weight excluding hydrogens is 204 g/mol. The number of pyridine rings is 1. The molecule has 4 heteroatoms. The minimum atomic E-state index is 0.0432. The topological polar surface area (TPSA) is 56.6 Å². The Labute approximate surface area is 96.6 Å². The van der Waals surface area contributed by atoms with E-state index < -0.39 is 0 Å². The minimum absolute atomic E-state index is 0.0432. The van der Waals surface area contributed by atoms with Crippen molar-refractivity contribution >= 4 is 0 Å². The van der Waals surface area contributed by atoms with Gasteiger partial charge in [0.2, 0.25) is 0 Å². The van der Waals surface area contributed by atoms with Crippen molar-refractivity contribution in [2.24, 2.45) is 0 Å². The smallest absolute Gasteiger partial charge is 0.0587 e. The Morgan fingerprint density at radius 1 is 1.44 bits per heavy atom. The Balaban J connectivity index is 2.36. The van der Waals surface area contributed by atoms with E-state index in [2.05, 4.69) is 9.88 Å². The predicted molar refractivity (Wildman–Crippen MR) is 63.1 cm³/mol. The quantitative estimate of drug-likeness (QED) is 0.699. The van der Waals surface area contributed by atoms with E-state index in [1.54, 1.807) is 6.20 Å². The third-order valence-corrected chi connectivity index (χ3v) is 2.77. The van der Waals surface area contributed by atoms with Crippen LogP contribution in [0.25, 0.3) is 0 Å². The van der Waals surface area contributed by atoms with Crippen LogP contribution in [-0.2, 0) is 6.42 Å². The summed E-state index contributed by atoms with van der Waals surface area (Å²) in [7, 11) is 1.97. The lowest BCUT2D eigenvalue weighted by Crippen LogP contribution is -2.36. The molecule has 0 saturated heterocycles. The standard InChI is InChI=1S/C12H20N2O2/c1-14(12(10-16)5-8-15)7-4-11-3-2-6-13-9-11/h2-3,6,9,12,15-16H,4-5,7-8,10H2,1H3. The van der Waals surface area contributed by atoms with E-state index >= 15 is 0 Å². The first-order valence-corrected chi connectivity index (χ1v) is 5.58. The number of likely N-dealkylation sites (N-methyl/N-ethyl adjacent to an activating group) is 1. The van der Waals surface area contributed by atoms with Crippen LogP contribution in [0.4, 0.5) is 0 Å². The fraction of sp³-hybridized carbons (Fsp3) is 0.583. The van der Waals surface area contributed by atoms with Gasteiger partial charge in [-0.2, -0.15) is 0 Å². The molecular formula is C12H20N2O2. The maximum Gasteiger partial charge on any atom is 0.0587 e. The molecule has 0 aromatic carbocycles. The lowest BCUT2D eigenvalue weighted by atomic mass is 10.1. The Bertz CT molecular complexity index is 280. The van der Waals surface area contributed by atoms with Crippen LogP contribution in [0.3, 0.4) is 0 Å². The molecule has 4 nitrogen and oxygen atoms in total. The van der Waals surface area contributed by atoms with Gasteiger partial charge < -0.3 is 15.1 Å². The molecule has 16 heavy (non-hydrogen) atoms. The summed E-state index contributed by atoms with van der Waals surface area (Å²) in [4.78, 5) is 6.13. The highest BCUT2D eigenvalue weighted by atomic mass is 16.3. The zero-order chi connectivity index (χ0) is 11.8. The normalized spacial score (nSPS) is 13.0. The average Bonchev–Trinajstić information content (AvgIpc) is 2.34. The van der Waals surface area contributed by atoms with Gasteiger partial charge in [0.25, 0.3) is 0 Å². The van der Waals surface area contributed by atoms with Crippen LogP contribution in [0.2, 0.25) is 0 Å². The molecule has 90 valence electrons. The highest BCUT2D eigenvalue weighted by Gasteiger charge is 2.12. The van der Waals surface area contributed by atoms with Crippen molar-refractivity contribution in [2.75, 3.05) is 26.8 Å². The molecule has 1 aromatic rings. The first-order chi connectivity index (χ1) is 7.77. The molecule has 0 saturated carbocycles. The van der Waals surface area contributed by atoms with Crippen LogP contribution < -0.4 is 0 Å². The fourth-order valence-corrected chi connectivity index (χ4v) is 1.63. The summed E-state index contributed by atoms with van der Waals surface area (Å²) in [6, 6.07) is 4.01. The van der Waals surface area contributed by atoms with Crippen molar-refractivity contribution in [2.45, 2.75) is 18.9 Å². The van der Waals surface area contributed by atoms with Crippen LogP contribution in [0, 0.1) is 0 Å². The third kappa shape index (κ3) is 4.26. The number of rotatable bonds is 7. The van der Waals surface area contributed by atoms with Crippen molar-refractivity contribution in [1.82, 2.24) is 9.88 Å². The van der Waals surface area contributed by atoms with Crippen LogP contribution >= 0.6 is 0 Å². The summed E-state index contributed by atoms with van der Waals surface area (Å²) in [6.07, 6.45) is 5.13. The zero-order valence-corrected chi connectivity index (χ0v) is 9.71. The number of hydrogen-bond donors (Lipinski definition) is 2. The third-order valence-electron chi connectivity index (χ3n) is 2.77. The highest BCUT2D eigenvalue weighted by molar-refractivity contribution is 5.08. The summed E-state index contributed by atoms with van der Waals surface area (Å²) in [6.45, 7) is 1.06. The first-order valence-electron chi connectivity index (χ1n) is 5.58. The van der Waals surface area contributed by atoms with Crippen molar-refractivity contribution in [3.05, 3.63) is 30.1 Å². The van der Waals surface area contributed by atoms with Gasteiger partial charge in [0.1, 0.15) is 0 Å². The van der Waals surface area contributed by atoms with Crippen LogP contribution in [-0.4, -0.2) is 52.9 Å². The Morgan fingerprint density at radius 2 is 2.25 bits per heavy atom. The molecule has 1 rings (SSSR count). The van der Waals surface area contributed by atoms with Crippen molar-refractivity contribution in [3.8, 4) is 0 Å². The molecule has 0 fully saturated rings. The Morgan fingerprint density at radius 3 is 2.81 bits per heavy atom. The van der Waals surface area contributed by atoms with Gasteiger partial charge in [-0.25, -0.2) is 0 Å². The largest absolute Gasteiger partial charge is 0.396 e. The molecule has 1 heterocycles. The average molecular weight is 224 g/mol. The lowest BCUT2D eigenvalue weighted by Gasteiger charge is -2.25. The number of aliphatic hydroxyl groups is 2. The van der Waals surface area contributed by atoms with Gasteiger partial charge >= 0.3 is 0 Å². The van der Waals surface area contributed by atoms with Crippen molar-refractivity contribution < 1.29 is 10.2 Å². The maximum absolute atomic E-state index is 9.16. The van der Waals surface area contributed by atoms with E-state index in [1.165, 1.54) is 5.56 Å². The van der Waals surface area contributed by atoms with Crippen LogP contribution in [0.15, 0.2) is 24.5 Å². The summed E-state index contributed by atoms with van der Waals surface area (Å²) in [5, 5.41) is 18.0.